The minimum Gasteiger partial charge on any atom is -0.310 e. The van der Waals surface area contributed by atoms with Crippen molar-refractivity contribution in [1.82, 2.24) is 5.32 Å². The molecule has 1 rings (SSSR count). The van der Waals surface area contributed by atoms with Gasteiger partial charge in [0, 0.05) is 15.4 Å². The van der Waals surface area contributed by atoms with Gasteiger partial charge < -0.3 is 5.32 Å². The van der Waals surface area contributed by atoms with E-state index in [0.717, 1.165) is 6.54 Å². The summed E-state index contributed by atoms with van der Waals surface area (Å²) in [6.07, 6.45) is 5.12. The third-order valence-electron chi connectivity index (χ3n) is 3.15. The van der Waals surface area contributed by atoms with Crippen LogP contribution in [0.15, 0.2) is 27.6 Å². The van der Waals surface area contributed by atoms with E-state index in [-0.39, 0.29) is 0 Å². The minimum atomic E-state index is 0.432. The van der Waals surface area contributed by atoms with Crippen molar-refractivity contribution >= 4 is 27.7 Å². The van der Waals surface area contributed by atoms with Gasteiger partial charge >= 0.3 is 0 Å². The lowest BCUT2D eigenvalue weighted by atomic mass is 10.1. The number of hydrogen-bond acceptors (Lipinski definition) is 2. The summed E-state index contributed by atoms with van der Waals surface area (Å²) in [6.45, 7) is 7.81. The second kappa shape index (κ2) is 9.84. The fourth-order valence-corrected chi connectivity index (χ4v) is 3.70. The molecule has 0 amide bonds. The second-order valence-electron chi connectivity index (χ2n) is 4.91. The van der Waals surface area contributed by atoms with Gasteiger partial charge in [0.25, 0.3) is 0 Å². The molecule has 108 valence electrons. The maximum absolute atomic E-state index is 3.59. The molecule has 0 bridgehead atoms. The molecule has 0 saturated carbocycles. The fourth-order valence-electron chi connectivity index (χ4n) is 2.00. The smallest absolute Gasteiger partial charge is 0.0302 e. The molecule has 19 heavy (non-hydrogen) atoms. The van der Waals surface area contributed by atoms with E-state index < -0.39 is 0 Å². The Kier molecular flexibility index (Phi) is 8.84. The number of hydrogen-bond donors (Lipinski definition) is 1. The molecule has 1 unspecified atom stereocenters. The first-order valence-corrected chi connectivity index (χ1v) is 9.12. The summed E-state index contributed by atoms with van der Waals surface area (Å²) in [6, 6.07) is 7.09. The predicted octanol–water partition coefficient (Wildman–Crippen LogP) is 5.79. The number of unbranched alkanes of at least 4 members (excludes halogenated alkanes) is 2. The molecular weight excluding hydrogens is 318 g/mol. The van der Waals surface area contributed by atoms with Gasteiger partial charge in [-0.2, -0.15) is 0 Å². The quantitative estimate of drug-likeness (QED) is 0.449. The summed E-state index contributed by atoms with van der Waals surface area (Å²) in [4.78, 5) is 1.42. The van der Waals surface area contributed by atoms with E-state index in [1.54, 1.807) is 0 Å². The largest absolute Gasteiger partial charge is 0.310 e. The standard InChI is InChI=1S/C16H26BrNS/c1-4-6-7-11-19-16-12-14(17)8-9-15(16)13(3)18-10-5-2/h8-9,12-13,18H,4-7,10-11H2,1-3H3. The first kappa shape index (κ1) is 17.1. The van der Waals surface area contributed by atoms with E-state index in [1.165, 1.54) is 46.4 Å². The van der Waals surface area contributed by atoms with Crippen molar-refractivity contribution in [3.63, 3.8) is 0 Å². The Bertz CT molecular complexity index is 368. The highest BCUT2D eigenvalue weighted by Gasteiger charge is 2.10. The summed E-state index contributed by atoms with van der Waals surface area (Å²) < 4.78 is 1.18. The van der Waals surface area contributed by atoms with E-state index in [4.69, 9.17) is 0 Å². The molecule has 0 radical (unpaired) electrons. The lowest BCUT2D eigenvalue weighted by Gasteiger charge is -2.18. The maximum atomic E-state index is 3.59. The van der Waals surface area contributed by atoms with Gasteiger partial charge in [-0.3, -0.25) is 0 Å². The highest BCUT2D eigenvalue weighted by atomic mass is 79.9. The summed E-state index contributed by atoms with van der Waals surface area (Å²) in [5.41, 5.74) is 1.43. The molecular formula is C16H26BrNS. The number of nitrogens with one attached hydrogen (secondary N) is 1. The van der Waals surface area contributed by atoms with Gasteiger partial charge in [0.05, 0.1) is 0 Å². The number of halogens is 1. The average Bonchev–Trinajstić information content (AvgIpc) is 2.41. The minimum absolute atomic E-state index is 0.432. The summed E-state index contributed by atoms with van der Waals surface area (Å²) in [7, 11) is 0. The Morgan fingerprint density at radius 1 is 1.21 bits per heavy atom. The second-order valence-corrected chi connectivity index (χ2v) is 6.97. The van der Waals surface area contributed by atoms with E-state index in [0.29, 0.717) is 6.04 Å². The van der Waals surface area contributed by atoms with E-state index in [9.17, 15) is 0 Å². The van der Waals surface area contributed by atoms with Crippen molar-refractivity contribution in [1.29, 1.82) is 0 Å². The molecule has 0 aromatic heterocycles. The predicted molar refractivity (Wildman–Crippen MR) is 91.1 cm³/mol. The fraction of sp³-hybridized carbons (Fsp3) is 0.625. The zero-order valence-corrected chi connectivity index (χ0v) is 14.7. The monoisotopic (exact) mass is 343 g/mol. The van der Waals surface area contributed by atoms with E-state index in [1.807, 2.05) is 11.8 Å². The van der Waals surface area contributed by atoms with Crippen molar-refractivity contribution in [3.8, 4) is 0 Å². The van der Waals surface area contributed by atoms with E-state index in [2.05, 4.69) is 60.2 Å². The van der Waals surface area contributed by atoms with Crippen LogP contribution in [0, 0.1) is 0 Å². The lowest BCUT2D eigenvalue weighted by Crippen LogP contribution is -2.19. The van der Waals surface area contributed by atoms with Crippen LogP contribution in [0.1, 0.15) is 58.1 Å². The number of rotatable bonds is 9. The lowest BCUT2D eigenvalue weighted by molar-refractivity contribution is 0.563. The molecule has 0 heterocycles. The Balaban J connectivity index is 2.67. The SMILES string of the molecule is CCCCCSc1cc(Br)ccc1C(C)NCCC. The highest BCUT2D eigenvalue weighted by Crippen LogP contribution is 2.31. The maximum Gasteiger partial charge on any atom is 0.0302 e. The highest BCUT2D eigenvalue weighted by molar-refractivity contribution is 9.10. The Hall–Kier alpha value is 0.01000. The molecule has 0 aliphatic rings. The van der Waals surface area contributed by atoms with Crippen molar-refractivity contribution < 1.29 is 0 Å². The molecule has 0 aliphatic heterocycles. The van der Waals surface area contributed by atoms with Crippen molar-refractivity contribution in [3.05, 3.63) is 28.2 Å². The van der Waals surface area contributed by atoms with Gasteiger partial charge in [0.2, 0.25) is 0 Å². The van der Waals surface area contributed by atoms with Crippen LogP contribution in [0.5, 0.6) is 0 Å². The Morgan fingerprint density at radius 3 is 2.68 bits per heavy atom. The number of thioether (sulfide) groups is 1. The molecule has 0 saturated heterocycles. The van der Waals surface area contributed by atoms with Crippen LogP contribution in [0.3, 0.4) is 0 Å². The molecule has 1 nitrogen and oxygen atoms in total. The van der Waals surface area contributed by atoms with Gasteiger partial charge in [0.1, 0.15) is 0 Å². The van der Waals surface area contributed by atoms with Gasteiger partial charge in [0.15, 0.2) is 0 Å². The molecule has 3 heteroatoms. The Morgan fingerprint density at radius 2 is 2.00 bits per heavy atom. The van der Waals surface area contributed by atoms with Crippen LogP contribution in [0.25, 0.3) is 0 Å². The molecule has 1 N–H and O–H groups in total. The van der Waals surface area contributed by atoms with Crippen LogP contribution < -0.4 is 5.32 Å². The van der Waals surface area contributed by atoms with Gasteiger partial charge in [-0.05, 0) is 49.8 Å². The van der Waals surface area contributed by atoms with Gasteiger partial charge in [-0.25, -0.2) is 0 Å². The van der Waals surface area contributed by atoms with Crippen LogP contribution in [0.4, 0.5) is 0 Å². The first-order chi connectivity index (χ1) is 9.19. The van der Waals surface area contributed by atoms with Gasteiger partial charge in [-0.15, -0.1) is 11.8 Å². The Labute approximate surface area is 131 Å². The number of benzene rings is 1. The van der Waals surface area contributed by atoms with E-state index >= 15 is 0 Å². The van der Waals surface area contributed by atoms with Crippen LogP contribution in [-0.4, -0.2) is 12.3 Å². The average molecular weight is 344 g/mol. The van der Waals surface area contributed by atoms with Crippen molar-refractivity contribution in [2.24, 2.45) is 0 Å². The third kappa shape index (κ3) is 6.33. The summed E-state index contributed by atoms with van der Waals surface area (Å²) in [5.74, 6) is 1.22. The third-order valence-corrected chi connectivity index (χ3v) is 4.80. The normalized spacial score (nSPS) is 12.6. The summed E-state index contributed by atoms with van der Waals surface area (Å²) >= 11 is 5.58. The molecule has 0 fully saturated rings. The molecule has 0 spiro atoms. The molecule has 1 aromatic rings. The topological polar surface area (TPSA) is 12.0 Å². The van der Waals surface area contributed by atoms with Crippen LogP contribution in [-0.2, 0) is 0 Å². The molecule has 1 atom stereocenters. The van der Waals surface area contributed by atoms with Crippen LogP contribution >= 0.6 is 27.7 Å². The molecule has 0 aliphatic carbocycles. The van der Waals surface area contributed by atoms with Crippen molar-refractivity contribution in [2.75, 3.05) is 12.3 Å². The van der Waals surface area contributed by atoms with Gasteiger partial charge in [-0.1, -0.05) is 48.7 Å². The molecule has 1 aromatic carbocycles. The zero-order chi connectivity index (χ0) is 14.1. The first-order valence-electron chi connectivity index (χ1n) is 7.34. The van der Waals surface area contributed by atoms with Crippen molar-refractivity contribution in [2.45, 2.75) is 57.4 Å². The summed E-state index contributed by atoms with van der Waals surface area (Å²) in [5, 5.41) is 3.58. The van der Waals surface area contributed by atoms with Crippen LogP contribution in [0.2, 0.25) is 0 Å². The zero-order valence-electron chi connectivity index (χ0n) is 12.3.